The Kier molecular flexibility index (Phi) is 3.36. The highest BCUT2D eigenvalue weighted by Gasteiger charge is 2.32. The van der Waals surface area contributed by atoms with E-state index in [0.717, 1.165) is 0 Å². The number of hydrogen-bond acceptors (Lipinski definition) is 1. The van der Waals surface area contributed by atoms with E-state index >= 15 is 0 Å². The minimum absolute atomic E-state index is 0.215. The van der Waals surface area contributed by atoms with Crippen LogP contribution in [0.25, 0.3) is 0 Å². The van der Waals surface area contributed by atoms with E-state index in [-0.39, 0.29) is 11.5 Å². The van der Waals surface area contributed by atoms with E-state index in [1.54, 1.807) is 0 Å². The fourth-order valence-electron chi connectivity index (χ4n) is 1.29. The summed E-state index contributed by atoms with van der Waals surface area (Å²) < 4.78 is 0. The molecule has 0 aromatic heterocycles. The Labute approximate surface area is 77.7 Å². The van der Waals surface area contributed by atoms with E-state index in [0.29, 0.717) is 11.3 Å². The van der Waals surface area contributed by atoms with Crippen molar-refractivity contribution in [2.45, 2.75) is 54.5 Å². The summed E-state index contributed by atoms with van der Waals surface area (Å²) in [6.07, 6.45) is 0. The summed E-state index contributed by atoms with van der Waals surface area (Å²) in [6, 6.07) is 0.275. The first-order valence-electron chi connectivity index (χ1n) is 4.82. The Bertz CT molecular complexity index is 118. The van der Waals surface area contributed by atoms with Gasteiger partial charge in [-0.25, -0.2) is 0 Å². The summed E-state index contributed by atoms with van der Waals surface area (Å²) in [5, 5.41) is 0. The molecule has 1 nitrogen and oxygen atoms in total. The second-order valence-corrected chi connectivity index (χ2v) is 6.05. The van der Waals surface area contributed by atoms with Crippen molar-refractivity contribution in [3.63, 3.8) is 0 Å². The van der Waals surface area contributed by atoms with E-state index in [1.165, 1.54) is 0 Å². The zero-order valence-electron chi connectivity index (χ0n) is 9.73. The van der Waals surface area contributed by atoms with Gasteiger partial charge in [0.2, 0.25) is 0 Å². The maximum Gasteiger partial charge on any atom is 0.0118 e. The van der Waals surface area contributed by atoms with Gasteiger partial charge < -0.3 is 5.73 Å². The Morgan fingerprint density at radius 3 is 1.25 bits per heavy atom. The van der Waals surface area contributed by atoms with Gasteiger partial charge in [-0.1, -0.05) is 48.5 Å². The highest BCUT2D eigenvalue weighted by molar-refractivity contribution is 4.87. The number of nitrogens with two attached hydrogens (primary N) is 1. The zero-order chi connectivity index (χ0) is 10.2. The predicted octanol–water partition coefficient (Wildman–Crippen LogP) is 3.04. The minimum Gasteiger partial charge on any atom is -0.327 e. The van der Waals surface area contributed by atoms with Crippen molar-refractivity contribution in [2.75, 3.05) is 0 Å². The maximum absolute atomic E-state index is 6.18. The minimum atomic E-state index is 0.215. The van der Waals surface area contributed by atoms with Crippen LogP contribution in [0.1, 0.15) is 48.5 Å². The van der Waals surface area contributed by atoms with Crippen LogP contribution in [0, 0.1) is 16.7 Å². The Morgan fingerprint density at radius 2 is 1.17 bits per heavy atom. The summed E-state index contributed by atoms with van der Waals surface area (Å²) in [5.74, 6) is 0.553. The third-order valence-corrected chi connectivity index (χ3v) is 2.90. The third kappa shape index (κ3) is 3.14. The van der Waals surface area contributed by atoms with Crippen LogP contribution in [-0.2, 0) is 0 Å². The first kappa shape index (κ1) is 12.0. The van der Waals surface area contributed by atoms with E-state index in [4.69, 9.17) is 5.73 Å². The lowest BCUT2D eigenvalue weighted by Gasteiger charge is -2.39. The van der Waals surface area contributed by atoms with Crippen LogP contribution in [0.15, 0.2) is 0 Å². The van der Waals surface area contributed by atoms with Crippen molar-refractivity contribution in [3.05, 3.63) is 0 Å². The van der Waals surface area contributed by atoms with Crippen LogP contribution in [0.4, 0.5) is 0 Å². The van der Waals surface area contributed by atoms with Gasteiger partial charge in [0.25, 0.3) is 0 Å². The molecule has 2 N–H and O–H groups in total. The summed E-state index contributed by atoms with van der Waals surface area (Å²) >= 11 is 0. The molecule has 0 saturated carbocycles. The van der Waals surface area contributed by atoms with Gasteiger partial charge in [0.1, 0.15) is 0 Å². The molecule has 0 aliphatic rings. The lowest BCUT2D eigenvalue weighted by atomic mass is 9.70. The van der Waals surface area contributed by atoms with E-state index < -0.39 is 0 Å². The smallest absolute Gasteiger partial charge is 0.0118 e. The normalized spacial score (nSPS) is 19.0. The van der Waals surface area contributed by atoms with Crippen LogP contribution in [-0.4, -0.2) is 6.04 Å². The van der Waals surface area contributed by atoms with Gasteiger partial charge in [-0.3, -0.25) is 0 Å². The second-order valence-electron chi connectivity index (χ2n) is 6.05. The molecule has 0 rings (SSSR count). The van der Waals surface area contributed by atoms with Crippen molar-refractivity contribution >= 4 is 0 Å². The molecule has 0 saturated heterocycles. The molecule has 2 unspecified atom stereocenters. The summed E-state index contributed by atoms with van der Waals surface area (Å²) in [4.78, 5) is 0. The predicted molar refractivity (Wildman–Crippen MR) is 56.0 cm³/mol. The van der Waals surface area contributed by atoms with Crippen molar-refractivity contribution < 1.29 is 0 Å². The molecule has 0 aliphatic carbocycles. The lowest BCUT2D eigenvalue weighted by molar-refractivity contribution is 0.145. The third-order valence-electron chi connectivity index (χ3n) is 2.90. The van der Waals surface area contributed by atoms with Crippen LogP contribution in [0.3, 0.4) is 0 Å². The molecule has 0 aliphatic heterocycles. The van der Waals surface area contributed by atoms with Crippen LogP contribution < -0.4 is 5.73 Å². The van der Waals surface area contributed by atoms with E-state index in [9.17, 15) is 0 Å². The van der Waals surface area contributed by atoms with Crippen molar-refractivity contribution in [1.29, 1.82) is 0 Å². The molecule has 2 atom stereocenters. The molecule has 0 amide bonds. The first-order chi connectivity index (χ1) is 5.07. The van der Waals surface area contributed by atoms with Crippen molar-refractivity contribution in [1.82, 2.24) is 0 Å². The van der Waals surface area contributed by atoms with Gasteiger partial charge in [-0.15, -0.1) is 0 Å². The number of hydrogen-bond donors (Lipinski definition) is 1. The van der Waals surface area contributed by atoms with Crippen molar-refractivity contribution in [2.24, 2.45) is 22.5 Å². The summed E-state index contributed by atoms with van der Waals surface area (Å²) in [7, 11) is 0. The first-order valence-corrected chi connectivity index (χ1v) is 4.82. The monoisotopic (exact) mass is 171 g/mol. The highest BCUT2D eigenvalue weighted by Crippen LogP contribution is 2.34. The molecule has 1 heteroatoms. The molecular weight excluding hydrogens is 146 g/mol. The fourth-order valence-corrected chi connectivity index (χ4v) is 1.29. The molecule has 0 aromatic rings. The van der Waals surface area contributed by atoms with Crippen LogP contribution in [0.5, 0.6) is 0 Å². The average Bonchev–Trinajstić information content (AvgIpc) is 1.80. The summed E-state index contributed by atoms with van der Waals surface area (Å²) in [5.41, 5.74) is 6.71. The average molecular weight is 171 g/mol. The zero-order valence-corrected chi connectivity index (χ0v) is 9.73. The number of rotatable bonds is 1. The SMILES string of the molecule is CC(C(N)C(C)(C)C)C(C)(C)C. The topological polar surface area (TPSA) is 26.0 Å². The van der Waals surface area contributed by atoms with Gasteiger partial charge >= 0.3 is 0 Å². The Balaban J connectivity index is 4.41. The van der Waals surface area contributed by atoms with E-state index in [1.807, 2.05) is 0 Å². The van der Waals surface area contributed by atoms with E-state index in [2.05, 4.69) is 48.5 Å². The van der Waals surface area contributed by atoms with Crippen molar-refractivity contribution in [3.8, 4) is 0 Å². The quantitative estimate of drug-likeness (QED) is 0.645. The molecule has 0 heterocycles. The molecule has 0 spiro atoms. The Hall–Kier alpha value is -0.0400. The van der Waals surface area contributed by atoms with Gasteiger partial charge in [-0.05, 0) is 16.7 Å². The largest absolute Gasteiger partial charge is 0.327 e. The van der Waals surface area contributed by atoms with Gasteiger partial charge in [0, 0.05) is 6.04 Å². The molecule has 0 aromatic carbocycles. The Morgan fingerprint density at radius 1 is 0.833 bits per heavy atom. The fraction of sp³-hybridized carbons (Fsp3) is 1.00. The molecule has 0 fully saturated rings. The molecule has 74 valence electrons. The van der Waals surface area contributed by atoms with Crippen LogP contribution in [0.2, 0.25) is 0 Å². The van der Waals surface area contributed by atoms with Crippen LogP contribution >= 0.6 is 0 Å². The molecule has 12 heavy (non-hydrogen) atoms. The van der Waals surface area contributed by atoms with Gasteiger partial charge in [0.05, 0.1) is 0 Å². The van der Waals surface area contributed by atoms with Gasteiger partial charge in [-0.2, -0.15) is 0 Å². The highest BCUT2D eigenvalue weighted by atomic mass is 14.7. The standard InChI is InChI=1S/C11H25N/c1-8(10(2,3)4)9(12)11(5,6)7/h8-9H,12H2,1-7H3. The van der Waals surface area contributed by atoms with Gasteiger partial charge in [0.15, 0.2) is 0 Å². The second kappa shape index (κ2) is 3.37. The molecule has 0 bridgehead atoms. The maximum atomic E-state index is 6.18. The molecular formula is C11H25N. The summed E-state index contributed by atoms with van der Waals surface area (Å²) in [6.45, 7) is 15.6. The lowest BCUT2D eigenvalue weighted by Crippen LogP contribution is -2.45. The molecule has 0 radical (unpaired) electrons.